The van der Waals surface area contributed by atoms with Crippen molar-refractivity contribution in [1.29, 1.82) is 0 Å². The maximum Gasteiger partial charge on any atom is 0.501 e. The van der Waals surface area contributed by atoms with Crippen molar-refractivity contribution in [3.8, 4) is 0 Å². The van der Waals surface area contributed by atoms with Crippen molar-refractivity contribution in [3.05, 3.63) is 24.3 Å². The summed E-state index contributed by atoms with van der Waals surface area (Å²) in [6.45, 7) is 1.09. The Morgan fingerprint density at radius 2 is 1.62 bits per heavy atom. The van der Waals surface area contributed by atoms with Crippen LogP contribution in [0.25, 0.3) is 0 Å². The summed E-state index contributed by atoms with van der Waals surface area (Å²) in [5, 5.41) is 2.15. The van der Waals surface area contributed by atoms with Gasteiger partial charge in [-0.25, -0.2) is 8.42 Å². The van der Waals surface area contributed by atoms with E-state index in [1.165, 1.54) is 6.07 Å². The van der Waals surface area contributed by atoms with Crippen molar-refractivity contribution in [2.75, 3.05) is 5.32 Å². The maximum absolute atomic E-state index is 12.5. The van der Waals surface area contributed by atoms with Crippen LogP contribution in [0.2, 0.25) is 0 Å². The Balaban J connectivity index is 3.12. The standard InChI is InChI=1S/C11H11F6NO2S/c1-7(6-10(12,13)14)18-8-4-2-3-5-9(8)21(19,20)11(15,16)17/h2-5,7,18H,6H2,1H3. The molecule has 0 fully saturated rings. The molecule has 120 valence electrons. The van der Waals surface area contributed by atoms with Crippen LogP contribution in [-0.2, 0) is 9.84 Å². The van der Waals surface area contributed by atoms with Crippen molar-refractivity contribution < 1.29 is 34.8 Å². The number of benzene rings is 1. The van der Waals surface area contributed by atoms with Gasteiger partial charge in [-0.2, -0.15) is 26.3 Å². The molecule has 1 atom stereocenters. The second-order valence-electron chi connectivity index (χ2n) is 4.31. The molecule has 0 saturated heterocycles. The average Bonchev–Trinajstić information content (AvgIpc) is 2.25. The topological polar surface area (TPSA) is 46.2 Å². The van der Waals surface area contributed by atoms with Crippen molar-refractivity contribution in [2.24, 2.45) is 0 Å². The van der Waals surface area contributed by atoms with Crippen LogP contribution < -0.4 is 5.32 Å². The molecule has 0 heterocycles. The van der Waals surface area contributed by atoms with Gasteiger partial charge in [0.2, 0.25) is 0 Å². The Morgan fingerprint density at radius 1 is 1.10 bits per heavy atom. The Morgan fingerprint density at radius 3 is 2.10 bits per heavy atom. The van der Waals surface area contributed by atoms with Crippen molar-refractivity contribution in [2.45, 2.75) is 36.0 Å². The van der Waals surface area contributed by atoms with Crippen LogP contribution in [0.3, 0.4) is 0 Å². The van der Waals surface area contributed by atoms with Gasteiger partial charge in [-0.05, 0) is 19.1 Å². The van der Waals surface area contributed by atoms with E-state index in [-0.39, 0.29) is 0 Å². The lowest BCUT2D eigenvalue weighted by molar-refractivity contribution is -0.136. The molecule has 1 N–H and O–H groups in total. The first-order valence-electron chi connectivity index (χ1n) is 5.58. The van der Waals surface area contributed by atoms with Gasteiger partial charge in [-0.15, -0.1) is 0 Å². The van der Waals surface area contributed by atoms with Crippen LogP contribution in [0.1, 0.15) is 13.3 Å². The molecule has 0 aliphatic carbocycles. The largest absolute Gasteiger partial charge is 0.501 e. The summed E-state index contributed by atoms with van der Waals surface area (Å²) in [6, 6.07) is 2.65. The summed E-state index contributed by atoms with van der Waals surface area (Å²) in [4.78, 5) is -1.11. The fraction of sp³-hybridized carbons (Fsp3) is 0.455. The monoisotopic (exact) mass is 335 g/mol. The normalized spacial score (nSPS) is 14.8. The number of alkyl halides is 6. The zero-order chi connectivity index (χ0) is 16.5. The van der Waals surface area contributed by atoms with Crippen molar-refractivity contribution in [1.82, 2.24) is 0 Å². The molecule has 0 bridgehead atoms. The molecule has 1 rings (SSSR count). The maximum atomic E-state index is 12.5. The molecule has 0 spiro atoms. The second kappa shape index (κ2) is 5.74. The summed E-state index contributed by atoms with van der Waals surface area (Å²) in [7, 11) is -5.64. The van der Waals surface area contributed by atoms with E-state index in [1.54, 1.807) is 0 Å². The zero-order valence-electron chi connectivity index (χ0n) is 10.6. The molecule has 21 heavy (non-hydrogen) atoms. The van der Waals surface area contributed by atoms with E-state index in [0.29, 0.717) is 6.07 Å². The third-order valence-electron chi connectivity index (χ3n) is 2.42. The van der Waals surface area contributed by atoms with Crippen molar-refractivity contribution >= 4 is 15.5 Å². The van der Waals surface area contributed by atoms with Gasteiger partial charge in [0, 0.05) is 6.04 Å². The fourth-order valence-corrected chi connectivity index (χ4v) is 2.53. The first-order valence-corrected chi connectivity index (χ1v) is 7.06. The highest BCUT2D eigenvalue weighted by Gasteiger charge is 2.48. The van der Waals surface area contributed by atoms with Crippen LogP contribution in [0.4, 0.5) is 32.0 Å². The van der Waals surface area contributed by atoms with Gasteiger partial charge in [0.05, 0.1) is 17.0 Å². The first kappa shape index (κ1) is 17.6. The van der Waals surface area contributed by atoms with E-state index in [1.807, 2.05) is 0 Å². The van der Waals surface area contributed by atoms with Crippen LogP contribution in [-0.4, -0.2) is 26.1 Å². The number of nitrogens with one attached hydrogen (secondary N) is 1. The number of halogens is 6. The summed E-state index contributed by atoms with van der Waals surface area (Å²) >= 11 is 0. The zero-order valence-corrected chi connectivity index (χ0v) is 11.4. The molecule has 10 heteroatoms. The number of hydrogen-bond donors (Lipinski definition) is 1. The summed E-state index contributed by atoms with van der Waals surface area (Å²) in [5.74, 6) is 0. The Labute approximate surface area is 116 Å². The highest BCUT2D eigenvalue weighted by Crippen LogP contribution is 2.35. The van der Waals surface area contributed by atoms with Gasteiger partial charge in [0.1, 0.15) is 0 Å². The minimum Gasteiger partial charge on any atom is -0.381 e. The fourth-order valence-electron chi connectivity index (χ4n) is 1.61. The second-order valence-corrected chi connectivity index (χ2v) is 6.22. The third-order valence-corrected chi connectivity index (χ3v) is 3.97. The van der Waals surface area contributed by atoms with E-state index in [4.69, 9.17) is 0 Å². The number of hydrogen-bond acceptors (Lipinski definition) is 3. The van der Waals surface area contributed by atoms with E-state index in [0.717, 1.165) is 19.1 Å². The Bertz CT molecular complexity index is 593. The van der Waals surface area contributed by atoms with Crippen LogP contribution in [0.15, 0.2) is 29.2 Å². The lowest BCUT2D eigenvalue weighted by Gasteiger charge is -2.19. The summed E-state index contributed by atoms with van der Waals surface area (Å²) < 4.78 is 96.8. The van der Waals surface area contributed by atoms with Crippen LogP contribution in [0, 0.1) is 0 Å². The van der Waals surface area contributed by atoms with Gasteiger partial charge < -0.3 is 5.32 Å². The minimum atomic E-state index is -5.64. The highest BCUT2D eigenvalue weighted by molar-refractivity contribution is 7.92. The van der Waals surface area contributed by atoms with E-state index < -0.39 is 44.6 Å². The predicted molar refractivity (Wildman–Crippen MR) is 63.4 cm³/mol. The molecule has 0 radical (unpaired) electrons. The van der Waals surface area contributed by atoms with E-state index >= 15 is 0 Å². The molecule has 1 aromatic carbocycles. The van der Waals surface area contributed by atoms with Gasteiger partial charge in [-0.3, -0.25) is 0 Å². The van der Waals surface area contributed by atoms with Gasteiger partial charge in [0.15, 0.2) is 0 Å². The molecular formula is C11H11F6NO2S. The van der Waals surface area contributed by atoms with Crippen LogP contribution in [0.5, 0.6) is 0 Å². The molecule has 0 aliphatic rings. The highest BCUT2D eigenvalue weighted by atomic mass is 32.2. The van der Waals surface area contributed by atoms with Gasteiger partial charge in [-0.1, -0.05) is 12.1 Å². The quantitative estimate of drug-likeness (QED) is 0.853. The summed E-state index contributed by atoms with van der Waals surface area (Å²) in [6.07, 6.45) is -5.84. The molecule has 1 aromatic rings. The SMILES string of the molecule is CC(CC(F)(F)F)Nc1ccccc1S(=O)(=O)C(F)(F)F. The minimum absolute atomic E-state index is 0.522. The molecule has 0 amide bonds. The molecule has 0 aromatic heterocycles. The Hall–Kier alpha value is -1.45. The molecule has 0 saturated carbocycles. The Kier molecular flexibility index (Phi) is 4.81. The number of anilines is 1. The third kappa shape index (κ3) is 4.51. The first-order chi connectivity index (χ1) is 9.34. The summed E-state index contributed by atoms with van der Waals surface area (Å²) in [5.41, 5.74) is -6.05. The molecule has 1 unspecified atom stereocenters. The number of para-hydroxylation sites is 1. The predicted octanol–water partition coefficient (Wildman–Crippen LogP) is 3.73. The number of sulfone groups is 1. The van der Waals surface area contributed by atoms with E-state index in [9.17, 15) is 34.8 Å². The van der Waals surface area contributed by atoms with Gasteiger partial charge in [0.25, 0.3) is 9.84 Å². The smallest absolute Gasteiger partial charge is 0.381 e. The average molecular weight is 335 g/mol. The molecule has 3 nitrogen and oxygen atoms in total. The van der Waals surface area contributed by atoms with Crippen molar-refractivity contribution in [3.63, 3.8) is 0 Å². The van der Waals surface area contributed by atoms with Gasteiger partial charge >= 0.3 is 11.7 Å². The lowest BCUT2D eigenvalue weighted by atomic mass is 10.2. The van der Waals surface area contributed by atoms with E-state index in [2.05, 4.69) is 5.32 Å². The lowest BCUT2D eigenvalue weighted by Crippen LogP contribution is -2.27. The number of rotatable bonds is 4. The molecule has 0 aliphatic heterocycles. The molecular weight excluding hydrogens is 324 g/mol. The van der Waals surface area contributed by atoms with Crippen LogP contribution >= 0.6 is 0 Å².